The van der Waals surface area contributed by atoms with Crippen LogP contribution in [-0.4, -0.2) is 44.7 Å². The highest BCUT2D eigenvalue weighted by atomic mass is 16.2. The zero-order valence-corrected chi connectivity index (χ0v) is 14.8. The van der Waals surface area contributed by atoms with Gasteiger partial charge in [0.05, 0.1) is 0 Å². The topological polar surface area (TPSA) is 68.1 Å². The average molecular weight is 338 g/mol. The Morgan fingerprint density at radius 1 is 1.16 bits per heavy atom. The molecular weight excluding hydrogens is 316 g/mol. The fourth-order valence-corrected chi connectivity index (χ4v) is 4.36. The van der Waals surface area contributed by atoms with Gasteiger partial charge in [-0.2, -0.15) is 15.0 Å². The summed E-state index contributed by atoms with van der Waals surface area (Å²) in [7, 11) is 0. The van der Waals surface area contributed by atoms with Crippen LogP contribution in [0, 0.1) is 10.8 Å². The average Bonchev–Trinajstić information content (AvgIpc) is 2.91. The number of benzene rings is 1. The summed E-state index contributed by atoms with van der Waals surface area (Å²) in [5.74, 6) is 0.238. The maximum Gasteiger partial charge on any atom is 0.246 e. The largest absolute Gasteiger partial charge is 0.339 e. The number of fused-ring (bicyclic) bond motifs is 1. The molecule has 1 spiro atoms. The molecule has 1 amide bonds. The van der Waals surface area contributed by atoms with Crippen molar-refractivity contribution in [3.8, 4) is 0 Å². The van der Waals surface area contributed by atoms with Crippen LogP contribution in [0.3, 0.4) is 0 Å². The molecular formula is C19H22N4O2. The maximum atomic E-state index is 12.5. The molecule has 0 N–H and O–H groups in total. The molecule has 1 aliphatic heterocycles. The van der Waals surface area contributed by atoms with E-state index in [9.17, 15) is 9.59 Å². The lowest BCUT2D eigenvalue weighted by molar-refractivity contribution is -0.145. The smallest absolute Gasteiger partial charge is 0.246 e. The van der Waals surface area contributed by atoms with E-state index < -0.39 is 0 Å². The van der Waals surface area contributed by atoms with Gasteiger partial charge >= 0.3 is 0 Å². The predicted octanol–water partition coefficient (Wildman–Crippen LogP) is 2.21. The number of allylic oxidation sites excluding steroid dienone is 1. The van der Waals surface area contributed by atoms with Crippen LogP contribution in [0.15, 0.2) is 35.9 Å². The second-order valence-electron chi connectivity index (χ2n) is 8.05. The van der Waals surface area contributed by atoms with Gasteiger partial charge in [0.2, 0.25) is 5.91 Å². The van der Waals surface area contributed by atoms with E-state index in [-0.39, 0.29) is 29.1 Å². The molecule has 25 heavy (non-hydrogen) atoms. The minimum absolute atomic E-state index is 0.0201. The summed E-state index contributed by atoms with van der Waals surface area (Å²) >= 11 is 0. The highest BCUT2D eigenvalue weighted by Gasteiger charge is 2.51. The lowest BCUT2D eigenvalue weighted by Crippen LogP contribution is -2.61. The minimum Gasteiger partial charge on any atom is -0.339 e. The third-order valence-electron chi connectivity index (χ3n) is 5.26. The van der Waals surface area contributed by atoms with Crippen molar-refractivity contribution in [2.45, 2.75) is 33.7 Å². The lowest BCUT2D eigenvalue weighted by Gasteiger charge is -2.53. The molecule has 1 aliphatic carbocycles. The summed E-state index contributed by atoms with van der Waals surface area (Å²) < 4.78 is 0. The van der Waals surface area contributed by atoms with E-state index in [0.29, 0.717) is 13.1 Å². The molecule has 0 unspecified atom stereocenters. The fraction of sp³-hybridized carbons (Fsp3) is 0.474. The summed E-state index contributed by atoms with van der Waals surface area (Å²) in [6, 6.07) is 7.58. The molecule has 1 fully saturated rings. The normalized spacial score (nSPS) is 21.3. The molecule has 2 aliphatic rings. The summed E-state index contributed by atoms with van der Waals surface area (Å²) in [6.07, 6.45) is 2.87. The second kappa shape index (κ2) is 5.25. The number of carbonyl (C=O) groups is 2. The van der Waals surface area contributed by atoms with Crippen LogP contribution in [0.25, 0.3) is 11.0 Å². The molecule has 0 saturated carbocycles. The monoisotopic (exact) mass is 338 g/mol. The Morgan fingerprint density at radius 3 is 2.32 bits per heavy atom. The van der Waals surface area contributed by atoms with Gasteiger partial charge in [0, 0.05) is 23.9 Å². The number of Topliss-reactive ketones (excluding diaryl/α,β-unsaturated/α-hetero) is 1. The SMILES string of the molecule is CC1=CC2(CN(C(=O)Cn3nc4ccccc4n3)C2)CC(C)(C)C1=O. The van der Waals surface area contributed by atoms with Crippen LogP contribution in [-0.2, 0) is 16.1 Å². The molecule has 2 aromatic rings. The van der Waals surface area contributed by atoms with Gasteiger partial charge in [-0.25, -0.2) is 0 Å². The molecule has 2 heterocycles. The summed E-state index contributed by atoms with van der Waals surface area (Å²) in [4.78, 5) is 28.1. The van der Waals surface area contributed by atoms with Crippen molar-refractivity contribution in [3.63, 3.8) is 0 Å². The first kappa shape index (κ1) is 16.0. The lowest BCUT2D eigenvalue weighted by atomic mass is 9.61. The van der Waals surface area contributed by atoms with Crippen molar-refractivity contribution in [1.82, 2.24) is 19.9 Å². The van der Waals surface area contributed by atoms with Crippen molar-refractivity contribution in [3.05, 3.63) is 35.9 Å². The molecule has 130 valence electrons. The Labute approximate surface area is 146 Å². The maximum absolute atomic E-state index is 12.5. The van der Waals surface area contributed by atoms with E-state index in [0.717, 1.165) is 23.0 Å². The number of nitrogens with zero attached hydrogens (tertiary/aromatic N) is 4. The number of carbonyl (C=O) groups excluding carboxylic acids is 2. The van der Waals surface area contributed by atoms with Gasteiger partial charge in [-0.3, -0.25) is 9.59 Å². The first-order valence-electron chi connectivity index (χ1n) is 8.60. The Kier molecular flexibility index (Phi) is 3.36. The molecule has 0 atom stereocenters. The van der Waals surface area contributed by atoms with Gasteiger partial charge in [0.25, 0.3) is 0 Å². The number of aromatic nitrogens is 3. The summed E-state index contributed by atoms with van der Waals surface area (Å²) in [6.45, 7) is 7.36. The van der Waals surface area contributed by atoms with Crippen molar-refractivity contribution in [2.24, 2.45) is 10.8 Å². The number of rotatable bonds is 2. The number of hydrogen-bond acceptors (Lipinski definition) is 4. The number of amides is 1. The molecule has 1 aromatic carbocycles. The Balaban J connectivity index is 1.45. The van der Waals surface area contributed by atoms with Crippen LogP contribution in [0.4, 0.5) is 0 Å². The van der Waals surface area contributed by atoms with Crippen LogP contribution < -0.4 is 0 Å². The summed E-state index contributed by atoms with van der Waals surface area (Å²) in [5.41, 5.74) is 2.00. The Morgan fingerprint density at radius 2 is 1.76 bits per heavy atom. The highest BCUT2D eigenvalue weighted by molar-refractivity contribution is 6.00. The van der Waals surface area contributed by atoms with Crippen molar-refractivity contribution >= 4 is 22.7 Å². The van der Waals surface area contributed by atoms with E-state index >= 15 is 0 Å². The van der Waals surface area contributed by atoms with Gasteiger partial charge < -0.3 is 4.90 Å². The van der Waals surface area contributed by atoms with Crippen molar-refractivity contribution < 1.29 is 9.59 Å². The molecule has 0 bridgehead atoms. The molecule has 1 saturated heterocycles. The Hall–Kier alpha value is -2.50. The van der Waals surface area contributed by atoms with Crippen molar-refractivity contribution in [2.75, 3.05) is 13.1 Å². The van der Waals surface area contributed by atoms with E-state index in [2.05, 4.69) is 16.3 Å². The predicted molar refractivity (Wildman–Crippen MR) is 93.7 cm³/mol. The molecule has 0 radical (unpaired) electrons. The van der Waals surface area contributed by atoms with Gasteiger partial charge in [-0.05, 0) is 31.1 Å². The first-order valence-corrected chi connectivity index (χ1v) is 8.60. The number of likely N-dealkylation sites (tertiary alicyclic amines) is 1. The highest BCUT2D eigenvalue weighted by Crippen LogP contribution is 2.47. The standard InChI is InChI=1S/C19H22N4O2/c1-13-8-19(10-18(2,3)17(13)25)11-22(12-19)16(24)9-23-20-14-6-4-5-7-15(14)21-23/h4-8H,9-12H2,1-3H3. The van der Waals surface area contributed by atoms with E-state index in [1.807, 2.05) is 49.9 Å². The van der Waals surface area contributed by atoms with Crippen LogP contribution in [0.1, 0.15) is 27.2 Å². The third kappa shape index (κ3) is 2.65. The van der Waals surface area contributed by atoms with E-state index in [1.54, 1.807) is 0 Å². The van der Waals surface area contributed by atoms with E-state index in [1.165, 1.54) is 4.80 Å². The van der Waals surface area contributed by atoms with Crippen LogP contribution in [0.5, 0.6) is 0 Å². The molecule has 6 heteroatoms. The van der Waals surface area contributed by atoms with Gasteiger partial charge in [-0.15, -0.1) is 0 Å². The van der Waals surface area contributed by atoms with Crippen LogP contribution in [0.2, 0.25) is 0 Å². The molecule has 6 nitrogen and oxygen atoms in total. The Bertz CT molecular complexity index is 870. The zero-order valence-electron chi connectivity index (χ0n) is 14.8. The van der Waals surface area contributed by atoms with Crippen molar-refractivity contribution in [1.29, 1.82) is 0 Å². The fourth-order valence-electron chi connectivity index (χ4n) is 4.36. The van der Waals surface area contributed by atoms with Gasteiger partial charge in [-0.1, -0.05) is 32.1 Å². The van der Waals surface area contributed by atoms with Gasteiger partial charge in [0.15, 0.2) is 5.78 Å². The van der Waals surface area contributed by atoms with E-state index in [4.69, 9.17) is 0 Å². The number of ketones is 1. The third-order valence-corrected chi connectivity index (χ3v) is 5.26. The minimum atomic E-state index is -0.352. The van der Waals surface area contributed by atoms with Gasteiger partial charge in [0.1, 0.15) is 17.6 Å². The summed E-state index contributed by atoms with van der Waals surface area (Å²) in [5, 5.41) is 8.69. The molecule has 4 rings (SSSR count). The second-order valence-corrected chi connectivity index (χ2v) is 8.05. The first-order chi connectivity index (χ1) is 11.8. The zero-order chi connectivity index (χ0) is 17.8. The number of hydrogen-bond donors (Lipinski definition) is 0. The quantitative estimate of drug-likeness (QED) is 0.842. The molecule has 1 aromatic heterocycles. The van der Waals surface area contributed by atoms with Crippen LogP contribution >= 0.6 is 0 Å².